The summed E-state index contributed by atoms with van der Waals surface area (Å²) in [5.41, 5.74) is 5.61. The van der Waals surface area contributed by atoms with Crippen LogP contribution >= 0.6 is 11.3 Å². The van der Waals surface area contributed by atoms with Crippen LogP contribution in [0.15, 0.2) is 54.0 Å². The predicted molar refractivity (Wildman–Crippen MR) is 124 cm³/mol. The number of rotatable bonds is 7. The zero-order valence-electron chi connectivity index (χ0n) is 17.4. The minimum absolute atomic E-state index is 0.0760. The number of anilines is 1. The van der Waals surface area contributed by atoms with E-state index in [2.05, 4.69) is 26.3 Å². The van der Waals surface area contributed by atoms with E-state index in [1.807, 2.05) is 55.8 Å². The molecule has 0 radical (unpaired) electrons. The third kappa shape index (κ3) is 5.36. The van der Waals surface area contributed by atoms with Crippen LogP contribution in [-0.4, -0.2) is 35.6 Å². The highest BCUT2D eigenvalue weighted by Gasteiger charge is 2.12. The van der Waals surface area contributed by atoms with Crippen molar-refractivity contribution in [3.05, 3.63) is 65.4 Å². The molecule has 2 heterocycles. The number of aromatic nitrogens is 3. The molecule has 1 unspecified atom stereocenters. The fraction of sp³-hybridized carbons (Fsp3) is 0.227. The molecule has 2 aromatic heterocycles. The summed E-state index contributed by atoms with van der Waals surface area (Å²) in [6.45, 7) is 3.88. The third-order valence-electron chi connectivity index (χ3n) is 4.63. The van der Waals surface area contributed by atoms with Gasteiger partial charge in [-0.05, 0) is 43.7 Å². The number of ether oxygens (including phenoxy) is 1. The molecule has 0 bridgehead atoms. The fourth-order valence-corrected chi connectivity index (χ4v) is 4.22. The molecule has 0 aliphatic rings. The van der Waals surface area contributed by atoms with Gasteiger partial charge in [-0.2, -0.15) is 0 Å². The Bertz CT molecular complexity index is 1340. The Balaban J connectivity index is 1.55. The van der Waals surface area contributed by atoms with Crippen LogP contribution < -0.4 is 10.1 Å². The Hall–Kier alpha value is -3.04. The van der Waals surface area contributed by atoms with E-state index in [0.29, 0.717) is 17.4 Å². The second kappa shape index (κ2) is 8.60. The van der Waals surface area contributed by atoms with Crippen LogP contribution in [0.1, 0.15) is 24.4 Å². The summed E-state index contributed by atoms with van der Waals surface area (Å²) < 4.78 is 29.2. The summed E-state index contributed by atoms with van der Waals surface area (Å²) in [6.07, 6.45) is 1.14. The Morgan fingerprint density at radius 3 is 2.77 bits per heavy atom. The first-order chi connectivity index (χ1) is 14.8. The van der Waals surface area contributed by atoms with Gasteiger partial charge in [-0.25, -0.2) is 23.4 Å². The molecule has 1 atom stereocenters. The van der Waals surface area contributed by atoms with Crippen molar-refractivity contribution in [2.45, 2.75) is 19.9 Å². The lowest BCUT2D eigenvalue weighted by atomic mass is 10.1. The normalized spacial score (nSPS) is 12.6. The molecular weight excluding hydrogens is 432 g/mol. The van der Waals surface area contributed by atoms with Gasteiger partial charge in [-0.15, -0.1) is 11.3 Å². The zero-order chi connectivity index (χ0) is 22.0. The molecule has 0 fully saturated rings. The van der Waals surface area contributed by atoms with Crippen LogP contribution in [0, 0.1) is 6.92 Å². The number of sulfone groups is 1. The number of fused-ring (bicyclic) bond motifs is 1. The average molecular weight is 455 g/mol. The molecule has 4 aromatic rings. The lowest BCUT2D eigenvalue weighted by Crippen LogP contribution is -2.11. The highest BCUT2D eigenvalue weighted by atomic mass is 32.2. The first-order valence-electron chi connectivity index (χ1n) is 9.63. The van der Waals surface area contributed by atoms with Crippen LogP contribution in [0.3, 0.4) is 0 Å². The molecule has 0 aliphatic heterocycles. The standard InChI is InChI=1S/C22H22N4O3S2/c1-14(16-5-4-6-18(9-16)29-13-31(3,27)28)24-22-11-20(25-15(2)26-22)17-7-8-19-21(10-17)30-12-23-19/h4-12,14H,13H2,1-3H3,(H,24,25,26). The molecule has 0 amide bonds. The smallest absolute Gasteiger partial charge is 0.188 e. The van der Waals surface area contributed by atoms with Crippen molar-refractivity contribution >= 4 is 37.2 Å². The number of nitrogens with zero attached hydrogens (tertiary/aromatic N) is 3. The number of hydrogen-bond donors (Lipinski definition) is 1. The van der Waals surface area contributed by atoms with Gasteiger partial charge in [0.05, 0.1) is 27.5 Å². The SMILES string of the molecule is Cc1nc(NC(C)c2cccc(OCS(C)(=O)=O)c2)cc(-c2ccc3ncsc3c2)n1. The summed E-state index contributed by atoms with van der Waals surface area (Å²) in [5.74, 6) is 1.54. The molecule has 7 nitrogen and oxygen atoms in total. The van der Waals surface area contributed by atoms with Crippen molar-refractivity contribution in [1.82, 2.24) is 15.0 Å². The van der Waals surface area contributed by atoms with Crippen molar-refractivity contribution in [2.24, 2.45) is 0 Å². The minimum atomic E-state index is -3.21. The number of thiazole rings is 1. The lowest BCUT2D eigenvalue weighted by molar-refractivity contribution is 0.377. The minimum Gasteiger partial charge on any atom is -0.478 e. The van der Waals surface area contributed by atoms with E-state index in [-0.39, 0.29) is 12.0 Å². The van der Waals surface area contributed by atoms with Crippen molar-refractivity contribution in [3.63, 3.8) is 0 Å². The average Bonchev–Trinajstić information content (AvgIpc) is 3.19. The van der Waals surface area contributed by atoms with Crippen LogP contribution in [0.2, 0.25) is 0 Å². The predicted octanol–water partition coefficient (Wildman–Crippen LogP) is 4.62. The van der Waals surface area contributed by atoms with Crippen LogP contribution in [0.4, 0.5) is 5.82 Å². The van der Waals surface area contributed by atoms with Gasteiger partial charge in [0.15, 0.2) is 15.8 Å². The van der Waals surface area contributed by atoms with E-state index in [4.69, 9.17) is 4.74 Å². The fourth-order valence-electron chi connectivity index (χ4n) is 3.16. The van der Waals surface area contributed by atoms with Gasteiger partial charge in [-0.3, -0.25) is 0 Å². The van der Waals surface area contributed by atoms with Gasteiger partial charge < -0.3 is 10.1 Å². The first-order valence-corrected chi connectivity index (χ1v) is 12.6. The van der Waals surface area contributed by atoms with Crippen molar-refractivity contribution < 1.29 is 13.2 Å². The maximum Gasteiger partial charge on any atom is 0.188 e. The maximum absolute atomic E-state index is 11.3. The highest BCUT2D eigenvalue weighted by Crippen LogP contribution is 2.28. The largest absolute Gasteiger partial charge is 0.478 e. The van der Waals surface area contributed by atoms with Gasteiger partial charge >= 0.3 is 0 Å². The molecule has 0 saturated carbocycles. The van der Waals surface area contributed by atoms with E-state index in [1.165, 1.54) is 0 Å². The van der Waals surface area contributed by atoms with E-state index < -0.39 is 9.84 Å². The summed E-state index contributed by atoms with van der Waals surface area (Å²) in [4.78, 5) is 13.4. The van der Waals surface area contributed by atoms with E-state index >= 15 is 0 Å². The van der Waals surface area contributed by atoms with Gasteiger partial charge in [-0.1, -0.05) is 18.2 Å². The molecule has 0 aliphatic carbocycles. The highest BCUT2D eigenvalue weighted by molar-refractivity contribution is 7.90. The topological polar surface area (TPSA) is 94.1 Å². The Kier molecular flexibility index (Phi) is 5.88. The number of nitrogens with one attached hydrogen (secondary N) is 1. The number of hydrogen-bond acceptors (Lipinski definition) is 8. The van der Waals surface area contributed by atoms with Crippen molar-refractivity contribution in [3.8, 4) is 17.0 Å². The van der Waals surface area contributed by atoms with Crippen molar-refractivity contribution in [2.75, 3.05) is 17.5 Å². The number of aryl methyl sites for hydroxylation is 1. The van der Waals surface area contributed by atoms with E-state index in [1.54, 1.807) is 17.4 Å². The van der Waals surface area contributed by atoms with Gasteiger partial charge in [0, 0.05) is 17.9 Å². The van der Waals surface area contributed by atoms with Crippen LogP contribution in [0.25, 0.3) is 21.5 Å². The molecule has 1 N–H and O–H groups in total. The zero-order valence-corrected chi connectivity index (χ0v) is 19.0. The summed E-state index contributed by atoms with van der Waals surface area (Å²) in [5, 5.41) is 3.41. The Morgan fingerprint density at radius 1 is 1.13 bits per heavy atom. The first kappa shape index (κ1) is 21.2. The number of benzene rings is 2. The summed E-state index contributed by atoms with van der Waals surface area (Å²) in [7, 11) is -3.21. The second-order valence-corrected chi connectivity index (χ2v) is 10.3. The molecule has 31 heavy (non-hydrogen) atoms. The Labute approximate surface area is 185 Å². The molecule has 0 saturated heterocycles. The van der Waals surface area contributed by atoms with Gasteiger partial charge in [0.1, 0.15) is 17.4 Å². The van der Waals surface area contributed by atoms with E-state index in [9.17, 15) is 8.42 Å². The second-order valence-electron chi connectivity index (χ2n) is 7.35. The molecule has 0 spiro atoms. The molecule has 160 valence electrons. The summed E-state index contributed by atoms with van der Waals surface area (Å²) in [6, 6.07) is 15.3. The lowest BCUT2D eigenvalue weighted by Gasteiger charge is -2.17. The van der Waals surface area contributed by atoms with Crippen LogP contribution in [0.5, 0.6) is 5.75 Å². The van der Waals surface area contributed by atoms with Gasteiger partial charge in [0.2, 0.25) is 0 Å². The van der Waals surface area contributed by atoms with Gasteiger partial charge in [0.25, 0.3) is 0 Å². The Morgan fingerprint density at radius 2 is 1.97 bits per heavy atom. The van der Waals surface area contributed by atoms with E-state index in [0.717, 1.165) is 33.3 Å². The molecule has 4 rings (SSSR count). The summed E-state index contributed by atoms with van der Waals surface area (Å²) >= 11 is 1.60. The molecular formula is C22H22N4O3S2. The quantitative estimate of drug-likeness (QED) is 0.435. The van der Waals surface area contributed by atoms with Crippen LogP contribution in [-0.2, 0) is 9.84 Å². The monoisotopic (exact) mass is 454 g/mol. The third-order valence-corrected chi connectivity index (χ3v) is 5.96. The molecule has 2 aromatic carbocycles. The molecule has 9 heteroatoms. The maximum atomic E-state index is 11.3. The van der Waals surface area contributed by atoms with Crippen molar-refractivity contribution in [1.29, 1.82) is 0 Å².